The first-order chi connectivity index (χ1) is 11.9. The van der Waals surface area contributed by atoms with Gasteiger partial charge in [0.1, 0.15) is 0 Å². The molecule has 128 valence electrons. The second-order valence-corrected chi connectivity index (χ2v) is 7.04. The van der Waals surface area contributed by atoms with Crippen LogP contribution in [0.3, 0.4) is 0 Å². The maximum Gasteiger partial charge on any atom is 0.261 e. The van der Waals surface area contributed by atoms with Gasteiger partial charge in [0.05, 0.1) is 23.1 Å². The van der Waals surface area contributed by atoms with Crippen molar-refractivity contribution < 1.29 is 13.2 Å². The number of hydrogen-bond donors (Lipinski definition) is 3. The van der Waals surface area contributed by atoms with Crippen LogP contribution in [0.25, 0.3) is 11.3 Å². The zero-order valence-electron chi connectivity index (χ0n) is 13.4. The number of amides is 1. The normalized spacial score (nSPS) is 11.1. The van der Waals surface area contributed by atoms with Crippen LogP contribution >= 0.6 is 0 Å². The Labute approximate surface area is 145 Å². The molecule has 0 saturated heterocycles. The first-order valence-corrected chi connectivity index (χ1v) is 8.92. The second kappa shape index (κ2) is 6.78. The van der Waals surface area contributed by atoms with Crippen LogP contribution in [0.1, 0.15) is 6.92 Å². The molecule has 2 aromatic carbocycles. The van der Waals surface area contributed by atoms with Crippen LogP contribution in [0.5, 0.6) is 0 Å². The minimum atomic E-state index is -3.73. The fraction of sp³-hybridized carbons (Fsp3) is 0.0588. The average Bonchev–Trinajstić information content (AvgIpc) is 3.09. The van der Waals surface area contributed by atoms with Gasteiger partial charge in [0, 0.05) is 23.9 Å². The van der Waals surface area contributed by atoms with Gasteiger partial charge >= 0.3 is 0 Å². The average molecular weight is 356 g/mol. The predicted molar refractivity (Wildman–Crippen MR) is 95.6 cm³/mol. The fourth-order valence-corrected chi connectivity index (χ4v) is 3.35. The predicted octanol–water partition coefficient (Wildman–Crippen LogP) is 2.84. The SMILES string of the molecule is CC(=O)Nc1ccc(S(=O)(=O)Nc2cccc(-c3cnc[nH]3)c2)cc1. The Hall–Kier alpha value is -3.13. The number of benzene rings is 2. The molecule has 3 N–H and O–H groups in total. The molecule has 0 unspecified atom stereocenters. The van der Waals surface area contributed by atoms with Crippen molar-refractivity contribution in [1.82, 2.24) is 9.97 Å². The fourth-order valence-electron chi connectivity index (χ4n) is 2.30. The highest BCUT2D eigenvalue weighted by Crippen LogP contribution is 2.23. The molecular weight excluding hydrogens is 340 g/mol. The summed E-state index contributed by atoms with van der Waals surface area (Å²) in [5.41, 5.74) is 2.59. The van der Waals surface area contributed by atoms with E-state index in [0.717, 1.165) is 11.3 Å². The molecule has 0 aliphatic rings. The number of rotatable bonds is 5. The summed E-state index contributed by atoms with van der Waals surface area (Å²) in [6.45, 7) is 1.39. The minimum Gasteiger partial charge on any atom is -0.345 e. The molecule has 1 heterocycles. The van der Waals surface area contributed by atoms with Gasteiger partial charge < -0.3 is 10.3 Å². The monoisotopic (exact) mass is 356 g/mol. The molecule has 0 radical (unpaired) electrons. The summed E-state index contributed by atoms with van der Waals surface area (Å²) in [7, 11) is -3.73. The molecule has 25 heavy (non-hydrogen) atoms. The van der Waals surface area contributed by atoms with Crippen molar-refractivity contribution in [2.45, 2.75) is 11.8 Å². The van der Waals surface area contributed by atoms with Gasteiger partial charge in [0.2, 0.25) is 5.91 Å². The van der Waals surface area contributed by atoms with Crippen molar-refractivity contribution in [1.29, 1.82) is 0 Å². The van der Waals surface area contributed by atoms with Crippen molar-refractivity contribution in [2.75, 3.05) is 10.0 Å². The maximum atomic E-state index is 12.5. The number of carbonyl (C=O) groups is 1. The number of anilines is 2. The molecule has 0 aliphatic carbocycles. The lowest BCUT2D eigenvalue weighted by Gasteiger charge is -2.10. The molecule has 0 fully saturated rings. The van der Waals surface area contributed by atoms with Crippen molar-refractivity contribution in [3.05, 3.63) is 61.1 Å². The number of aromatic amines is 1. The largest absolute Gasteiger partial charge is 0.345 e. The molecule has 0 aliphatic heterocycles. The van der Waals surface area contributed by atoms with Gasteiger partial charge in [-0.25, -0.2) is 13.4 Å². The van der Waals surface area contributed by atoms with Crippen LogP contribution in [0, 0.1) is 0 Å². The van der Waals surface area contributed by atoms with E-state index in [-0.39, 0.29) is 10.8 Å². The molecular formula is C17H16N4O3S. The Balaban J connectivity index is 1.82. The molecule has 0 saturated carbocycles. The van der Waals surface area contributed by atoms with Gasteiger partial charge in [-0.15, -0.1) is 0 Å². The number of hydrogen-bond acceptors (Lipinski definition) is 4. The quantitative estimate of drug-likeness (QED) is 0.654. The lowest BCUT2D eigenvalue weighted by atomic mass is 10.1. The molecule has 1 amide bonds. The first kappa shape index (κ1) is 16.7. The summed E-state index contributed by atoms with van der Waals surface area (Å²) in [5.74, 6) is -0.218. The Morgan fingerprint density at radius 1 is 1.08 bits per heavy atom. The lowest BCUT2D eigenvalue weighted by molar-refractivity contribution is -0.114. The molecule has 1 aromatic heterocycles. The van der Waals surface area contributed by atoms with E-state index in [2.05, 4.69) is 20.0 Å². The minimum absolute atomic E-state index is 0.105. The third-order valence-electron chi connectivity index (χ3n) is 3.41. The van der Waals surface area contributed by atoms with E-state index in [1.54, 1.807) is 30.7 Å². The number of sulfonamides is 1. The number of carbonyl (C=O) groups excluding carboxylic acids is 1. The van der Waals surface area contributed by atoms with E-state index < -0.39 is 10.0 Å². The van der Waals surface area contributed by atoms with Gasteiger partial charge in [0.25, 0.3) is 10.0 Å². The van der Waals surface area contributed by atoms with Crippen molar-refractivity contribution in [3.8, 4) is 11.3 Å². The zero-order chi connectivity index (χ0) is 17.9. The topological polar surface area (TPSA) is 104 Å². The van der Waals surface area contributed by atoms with Crippen molar-refractivity contribution in [2.24, 2.45) is 0 Å². The molecule has 7 nitrogen and oxygen atoms in total. The van der Waals surface area contributed by atoms with Crippen molar-refractivity contribution in [3.63, 3.8) is 0 Å². The number of aromatic nitrogens is 2. The standard InChI is InChI=1S/C17H16N4O3S/c1-12(22)20-14-5-7-16(8-6-14)25(23,24)21-15-4-2-3-13(9-15)17-10-18-11-19-17/h2-11,21H,1H3,(H,18,19)(H,20,22). The number of imidazole rings is 1. The third-order valence-corrected chi connectivity index (χ3v) is 4.81. The van der Waals surface area contributed by atoms with Gasteiger partial charge in [-0.3, -0.25) is 9.52 Å². The third kappa shape index (κ3) is 4.04. The van der Waals surface area contributed by atoms with E-state index in [4.69, 9.17) is 0 Å². The summed E-state index contributed by atoms with van der Waals surface area (Å²) in [6, 6.07) is 13.0. The maximum absolute atomic E-state index is 12.5. The van der Waals surface area contributed by atoms with Crippen LogP contribution in [-0.4, -0.2) is 24.3 Å². The molecule has 3 rings (SSSR count). The first-order valence-electron chi connectivity index (χ1n) is 7.43. The van der Waals surface area contributed by atoms with Crippen LogP contribution in [0.2, 0.25) is 0 Å². The zero-order valence-corrected chi connectivity index (χ0v) is 14.2. The summed E-state index contributed by atoms with van der Waals surface area (Å²) < 4.78 is 27.6. The van der Waals surface area contributed by atoms with Crippen molar-refractivity contribution >= 4 is 27.3 Å². The van der Waals surface area contributed by atoms with E-state index in [0.29, 0.717) is 11.4 Å². The van der Waals surface area contributed by atoms with Crippen LogP contribution in [0.4, 0.5) is 11.4 Å². The number of H-pyrrole nitrogens is 1. The molecule has 8 heteroatoms. The number of nitrogens with zero attached hydrogens (tertiary/aromatic N) is 1. The lowest BCUT2D eigenvalue weighted by Crippen LogP contribution is -2.13. The number of nitrogens with one attached hydrogen (secondary N) is 3. The smallest absolute Gasteiger partial charge is 0.261 e. The summed E-state index contributed by atoms with van der Waals surface area (Å²) in [6.07, 6.45) is 3.22. The Morgan fingerprint density at radius 2 is 1.84 bits per heavy atom. The van der Waals surface area contributed by atoms with E-state index in [1.807, 2.05) is 6.07 Å². The van der Waals surface area contributed by atoms with Crippen LogP contribution in [-0.2, 0) is 14.8 Å². The Morgan fingerprint density at radius 3 is 2.48 bits per heavy atom. The molecule has 0 atom stereocenters. The van der Waals surface area contributed by atoms with Gasteiger partial charge in [-0.1, -0.05) is 12.1 Å². The second-order valence-electron chi connectivity index (χ2n) is 5.36. The van der Waals surface area contributed by atoms with Gasteiger partial charge in [-0.2, -0.15) is 0 Å². The molecule has 3 aromatic rings. The Kier molecular flexibility index (Phi) is 4.53. The van der Waals surface area contributed by atoms with E-state index in [9.17, 15) is 13.2 Å². The van der Waals surface area contributed by atoms with Gasteiger partial charge in [-0.05, 0) is 36.4 Å². The summed E-state index contributed by atoms with van der Waals surface area (Å²) in [4.78, 5) is 18.1. The van der Waals surface area contributed by atoms with Crippen LogP contribution in [0.15, 0.2) is 66.0 Å². The summed E-state index contributed by atoms with van der Waals surface area (Å²) in [5, 5.41) is 2.59. The molecule has 0 bridgehead atoms. The Bertz CT molecular complexity index is 981. The molecule has 0 spiro atoms. The van der Waals surface area contributed by atoms with Crippen LogP contribution < -0.4 is 10.0 Å². The van der Waals surface area contributed by atoms with E-state index in [1.165, 1.54) is 31.2 Å². The highest BCUT2D eigenvalue weighted by Gasteiger charge is 2.14. The summed E-state index contributed by atoms with van der Waals surface area (Å²) >= 11 is 0. The van der Waals surface area contributed by atoms with Gasteiger partial charge in [0.15, 0.2) is 0 Å². The highest BCUT2D eigenvalue weighted by molar-refractivity contribution is 7.92. The highest BCUT2D eigenvalue weighted by atomic mass is 32.2. The van der Waals surface area contributed by atoms with E-state index >= 15 is 0 Å².